The normalized spacial score (nSPS) is 20.2. The van der Waals surface area contributed by atoms with Gasteiger partial charge < -0.3 is 15.1 Å². The number of nitrogens with one attached hydrogen (secondary N) is 1. The summed E-state index contributed by atoms with van der Waals surface area (Å²) in [6.07, 6.45) is 2.54. The second-order valence-corrected chi connectivity index (χ2v) is 8.49. The minimum Gasteiger partial charge on any atom is -0.370 e. The lowest BCUT2D eigenvalue weighted by Gasteiger charge is -2.33. The van der Waals surface area contributed by atoms with Crippen LogP contribution in [0.1, 0.15) is 26.2 Å². The highest BCUT2D eigenvalue weighted by molar-refractivity contribution is 6.30. The molecule has 2 aromatic carbocycles. The number of anilines is 3. The van der Waals surface area contributed by atoms with Crippen LogP contribution in [0.4, 0.5) is 17.1 Å². The lowest BCUT2D eigenvalue weighted by Crippen LogP contribution is -2.34. The summed E-state index contributed by atoms with van der Waals surface area (Å²) in [5.74, 6) is 0.238. The van der Waals surface area contributed by atoms with Crippen LogP contribution in [0.15, 0.2) is 48.5 Å². The number of piperidine rings is 1. The number of hydrogen-bond donors (Lipinski definition) is 1. The Kier molecular flexibility index (Phi) is 5.76. The second-order valence-electron chi connectivity index (χ2n) is 8.06. The second kappa shape index (κ2) is 8.46. The Morgan fingerprint density at radius 2 is 1.76 bits per heavy atom. The van der Waals surface area contributed by atoms with Gasteiger partial charge >= 0.3 is 0 Å². The molecular formula is C23H26ClN3O2. The van der Waals surface area contributed by atoms with Gasteiger partial charge in [-0.05, 0) is 55.2 Å². The summed E-state index contributed by atoms with van der Waals surface area (Å²) < 4.78 is 0. The van der Waals surface area contributed by atoms with E-state index in [1.54, 1.807) is 17.0 Å². The van der Waals surface area contributed by atoms with E-state index in [-0.39, 0.29) is 24.2 Å². The summed E-state index contributed by atoms with van der Waals surface area (Å²) in [7, 11) is 0. The smallest absolute Gasteiger partial charge is 0.229 e. The van der Waals surface area contributed by atoms with E-state index in [0.717, 1.165) is 48.9 Å². The van der Waals surface area contributed by atoms with Crippen molar-refractivity contribution in [1.82, 2.24) is 0 Å². The third-order valence-electron chi connectivity index (χ3n) is 5.92. The fraction of sp³-hybridized carbons (Fsp3) is 0.391. The Hall–Kier alpha value is -2.53. The average molecular weight is 412 g/mol. The number of benzene rings is 2. The summed E-state index contributed by atoms with van der Waals surface area (Å²) >= 11 is 5.94. The Morgan fingerprint density at radius 1 is 1.07 bits per heavy atom. The standard InChI is InChI=1S/C23H26ClN3O2/c1-16-10-12-26(13-11-16)21-5-3-2-4-20(21)25-23(29)17-14-22(28)27(15-17)19-8-6-18(24)7-9-19/h2-9,16-17H,10-15H2,1H3,(H,25,29)/t17-/m0/s1. The average Bonchev–Trinajstić information content (AvgIpc) is 3.12. The van der Waals surface area contributed by atoms with E-state index in [1.165, 1.54) is 0 Å². The Labute approximate surface area is 176 Å². The number of para-hydroxylation sites is 2. The number of hydrogen-bond acceptors (Lipinski definition) is 3. The molecule has 0 unspecified atom stereocenters. The van der Waals surface area contributed by atoms with Crippen LogP contribution in [0, 0.1) is 11.8 Å². The number of carbonyl (C=O) groups is 2. The summed E-state index contributed by atoms with van der Waals surface area (Å²) in [6, 6.07) is 15.1. The van der Waals surface area contributed by atoms with Crippen LogP contribution in [-0.2, 0) is 9.59 Å². The molecular weight excluding hydrogens is 386 g/mol. The molecule has 4 rings (SSSR count). The van der Waals surface area contributed by atoms with Gasteiger partial charge in [0.25, 0.3) is 0 Å². The highest BCUT2D eigenvalue weighted by atomic mass is 35.5. The van der Waals surface area contributed by atoms with Gasteiger partial charge in [0.15, 0.2) is 0 Å². The molecule has 2 aliphatic heterocycles. The zero-order valence-corrected chi connectivity index (χ0v) is 17.4. The third kappa shape index (κ3) is 4.40. The fourth-order valence-corrected chi connectivity index (χ4v) is 4.22. The van der Waals surface area contributed by atoms with E-state index in [9.17, 15) is 9.59 Å². The molecule has 2 heterocycles. The molecule has 2 aromatic rings. The van der Waals surface area contributed by atoms with Gasteiger partial charge in [0, 0.05) is 36.8 Å². The molecule has 0 radical (unpaired) electrons. The van der Waals surface area contributed by atoms with Crippen molar-refractivity contribution in [2.45, 2.75) is 26.2 Å². The number of rotatable bonds is 4. The van der Waals surface area contributed by atoms with Crippen molar-refractivity contribution in [3.05, 3.63) is 53.6 Å². The molecule has 6 heteroatoms. The van der Waals surface area contributed by atoms with Crippen LogP contribution in [0.2, 0.25) is 5.02 Å². The first kappa shape index (κ1) is 19.8. The van der Waals surface area contributed by atoms with E-state index >= 15 is 0 Å². The van der Waals surface area contributed by atoms with Gasteiger partial charge in [0.05, 0.1) is 17.3 Å². The monoisotopic (exact) mass is 411 g/mol. The fourth-order valence-electron chi connectivity index (χ4n) is 4.09. The zero-order chi connectivity index (χ0) is 20.4. The highest BCUT2D eigenvalue weighted by Crippen LogP contribution is 2.31. The quantitative estimate of drug-likeness (QED) is 0.801. The number of nitrogens with zero attached hydrogens (tertiary/aromatic N) is 2. The van der Waals surface area contributed by atoms with Crippen LogP contribution in [-0.4, -0.2) is 31.4 Å². The number of halogens is 1. The number of amides is 2. The van der Waals surface area contributed by atoms with E-state index in [1.807, 2.05) is 30.3 Å². The molecule has 152 valence electrons. The zero-order valence-electron chi connectivity index (χ0n) is 16.6. The molecule has 0 spiro atoms. The van der Waals surface area contributed by atoms with Gasteiger partial charge in [-0.2, -0.15) is 0 Å². The van der Waals surface area contributed by atoms with Gasteiger partial charge in [-0.25, -0.2) is 0 Å². The molecule has 2 fully saturated rings. The van der Waals surface area contributed by atoms with E-state index < -0.39 is 0 Å². The van der Waals surface area contributed by atoms with E-state index in [0.29, 0.717) is 11.6 Å². The van der Waals surface area contributed by atoms with Gasteiger partial charge in [0.1, 0.15) is 0 Å². The van der Waals surface area contributed by atoms with Crippen LogP contribution in [0.5, 0.6) is 0 Å². The predicted molar refractivity (Wildman–Crippen MR) is 118 cm³/mol. The predicted octanol–water partition coefficient (Wildman–Crippen LogP) is 4.57. The molecule has 0 saturated carbocycles. The Bertz CT molecular complexity index is 891. The molecule has 0 aliphatic carbocycles. The Morgan fingerprint density at radius 3 is 2.48 bits per heavy atom. The Balaban J connectivity index is 1.45. The summed E-state index contributed by atoms with van der Waals surface area (Å²) in [5.41, 5.74) is 2.66. The minimum atomic E-state index is -0.368. The molecule has 2 amide bonds. The van der Waals surface area contributed by atoms with Crippen molar-refractivity contribution in [1.29, 1.82) is 0 Å². The SMILES string of the molecule is CC1CCN(c2ccccc2NC(=O)[C@H]2CC(=O)N(c3ccc(Cl)cc3)C2)CC1. The van der Waals surface area contributed by atoms with Gasteiger partial charge in [-0.1, -0.05) is 30.7 Å². The molecule has 5 nitrogen and oxygen atoms in total. The minimum absolute atomic E-state index is 0.0363. The maximum atomic E-state index is 12.9. The van der Waals surface area contributed by atoms with Crippen molar-refractivity contribution in [3.8, 4) is 0 Å². The largest absolute Gasteiger partial charge is 0.370 e. The van der Waals surface area contributed by atoms with Crippen LogP contribution >= 0.6 is 11.6 Å². The first-order valence-electron chi connectivity index (χ1n) is 10.2. The topological polar surface area (TPSA) is 52.7 Å². The van der Waals surface area contributed by atoms with E-state index in [4.69, 9.17) is 11.6 Å². The lowest BCUT2D eigenvalue weighted by molar-refractivity contribution is -0.122. The summed E-state index contributed by atoms with van der Waals surface area (Å²) in [5, 5.41) is 3.71. The molecule has 2 aliphatic rings. The molecule has 29 heavy (non-hydrogen) atoms. The molecule has 1 N–H and O–H groups in total. The van der Waals surface area contributed by atoms with Crippen molar-refractivity contribution < 1.29 is 9.59 Å². The summed E-state index contributed by atoms with van der Waals surface area (Å²) in [6.45, 7) is 4.67. The van der Waals surface area contributed by atoms with Crippen LogP contribution in [0.25, 0.3) is 0 Å². The van der Waals surface area contributed by atoms with E-state index in [2.05, 4.69) is 23.2 Å². The van der Waals surface area contributed by atoms with Crippen LogP contribution < -0.4 is 15.1 Å². The maximum absolute atomic E-state index is 12.9. The van der Waals surface area contributed by atoms with Gasteiger partial charge in [-0.3, -0.25) is 9.59 Å². The lowest BCUT2D eigenvalue weighted by atomic mass is 9.98. The highest BCUT2D eigenvalue weighted by Gasteiger charge is 2.35. The maximum Gasteiger partial charge on any atom is 0.229 e. The molecule has 1 atom stereocenters. The van der Waals surface area contributed by atoms with Crippen LogP contribution in [0.3, 0.4) is 0 Å². The van der Waals surface area contributed by atoms with Crippen molar-refractivity contribution in [2.75, 3.05) is 34.8 Å². The van der Waals surface area contributed by atoms with Gasteiger partial charge in [-0.15, -0.1) is 0 Å². The van der Waals surface area contributed by atoms with Crippen molar-refractivity contribution in [3.63, 3.8) is 0 Å². The molecule has 0 bridgehead atoms. The molecule has 2 saturated heterocycles. The van der Waals surface area contributed by atoms with Gasteiger partial charge in [0.2, 0.25) is 11.8 Å². The first-order chi connectivity index (χ1) is 14.0. The third-order valence-corrected chi connectivity index (χ3v) is 6.17. The van der Waals surface area contributed by atoms with Crippen molar-refractivity contribution in [2.24, 2.45) is 11.8 Å². The first-order valence-corrected chi connectivity index (χ1v) is 10.6. The molecule has 0 aromatic heterocycles. The van der Waals surface area contributed by atoms with Crippen molar-refractivity contribution >= 4 is 40.5 Å². The number of carbonyl (C=O) groups excluding carboxylic acids is 2. The summed E-state index contributed by atoms with van der Waals surface area (Å²) in [4.78, 5) is 29.4.